The summed E-state index contributed by atoms with van der Waals surface area (Å²) >= 11 is 0. The van der Waals surface area contributed by atoms with E-state index in [-0.39, 0.29) is 18.1 Å². The molecule has 1 aliphatic heterocycles. The number of aromatic nitrogens is 2. The molecule has 1 aliphatic rings. The van der Waals surface area contributed by atoms with E-state index in [1.165, 1.54) is 0 Å². The third-order valence-electron chi connectivity index (χ3n) is 2.70. The zero-order valence-electron chi connectivity index (χ0n) is 9.26. The number of benzene rings is 1. The van der Waals surface area contributed by atoms with E-state index in [1.54, 1.807) is 0 Å². The number of ketones is 1. The van der Waals surface area contributed by atoms with Crippen LogP contribution in [-0.4, -0.2) is 21.8 Å². The third-order valence-corrected chi connectivity index (χ3v) is 2.70. The van der Waals surface area contributed by atoms with Gasteiger partial charge < -0.3 is 4.52 Å². The Morgan fingerprint density at radius 3 is 2.74 bits per heavy atom. The molecule has 1 amide bonds. The van der Waals surface area contributed by atoms with Crippen LogP contribution in [0.1, 0.15) is 16.2 Å². The van der Waals surface area contributed by atoms with Gasteiger partial charge in [-0.1, -0.05) is 5.16 Å². The van der Waals surface area contributed by atoms with Gasteiger partial charge in [0.2, 0.25) is 6.39 Å². The van der Waals surface area contributed by atoms with Gasteiger partial charge in [-0.15, -0.1) is 0 Å². The number of carbonyl (C=O) groups excluding carboxylic acids is 2. The molecular weight excluding hydrogens is 260 g/mol. The maximum atomic E-state index is 13.5. The minimum absolute atomic E-state index is 0.124. The van der Waals surface area contributed by atoms with Gasteiger partial charge in [0.25, 0.3) is 11.7 Å². The Hall–Kier alpha value is -2.64. The molecule has 0 spiro atoms. The molecule has 8 heteroatoms. The molecule has 0 saturated heterocycles. The topological polar surface area (TPSA) is 76.3 Å². The molecule has 1 aromatic heterocycles. The van der Waals surface area contributed by atoms with Gasteiger partial charge in [0, 0.05) is 6.07 Å². The molecule has 96 valence electrons. The first-order valence-corrected chi connectivity index (χ1v) is 5.18. The summed E-state index contributed by atoms with van der Waals surface area (Å²) < 4.78 is 31.2. The number of anilines is 1. The highest BCUT2D eigenvalue weighted by Crippen LogP contribution is 2.32. The van der Waals surface area contributed by atoms with Crippen molar-refractivity contribution in [3.8, 4) is 0 Å². The Balaban J connectivity index is 2.09. The summed E-state index contributed by atoms with van der Waals surface area (Å²) in [5.41, 5.74) is -0.563. The van der Waals surface area contributed by atoms with Crippen LogP contribution < -0.4 is 4.90 Å². The number of carbonyl (C=O) groups is 2. The van der Waals surface area contributed by atoms with Gasteiger partial charge in [-0.2, -0.15) is 4.98 Å². The fraction of sp³-hybridized carbons (Fsp3) is 0.0909. The maximum Gasteiger partial charge on any atom is 0.300 e. The standard InChI is InChI=1S/C11H5F2N3O3/c12-5-1-6(13)9-7(2-5)16(11(18)10(9)17)3-8-14-4-19-15-8/h1-2,4H,3H2. The van der Waals surface area contributed by atoms with E-state index >= 15 is 0 Å². The Bertz CT molecular complexity index is 685. The van der Waals surface area contributed by atoms with Crippen molar-refractivity contribution in [2.45, 2.75) is 6.54 Å². The second kappa shape index (κ2) is 3.94. The molecule has 0 atom stereocenters. The lowest BCUT2D eigenvalue weighted by molar-refractivity contribution is -0.114. The summed E-state index contributed by atoms with van der Waals surface area (Å²) in [6.07, 6.45) is 1.05. The van der Waals surface area contributed by atoms with Crippen LogP contribution in [0.15, 0.2) is 23.0 Å². The lowest BCUT2D eigenvalue weighted by Gasteiger charge is -2.13. The monoisotopic (exact) mass is 265 g/mol. The van der Waals surface area contributed by atoms with Crippen molar-refractivity contribution < 1.29 is 22.9 Å². The summed E-state index contributed by atoms with van der Waals surface area (Å²) in [5.74, 6) is -3.79. The number of amides is 1. The minimum Gasteiger partial charge on any atom is -0.343 e. The second-order valence-electron chi connectivity index (χ2n) is 3.85. The quantitative estimate of drug-likeness (QED) is 0.759. The van der Waals surface area contributed by atoms with Gasteiger partial charge in [0.05, 0.1) is 17.8 Å². The number of hydrogen-bond donors (Lipinski definition) is 0. The van der Waals surface area contributed by atoms with E-state index in [9.17, 15) is 18.4 Å². The number of fused-ring (bicyclic) bond motifs is 1. The highest BCUT2D eigenvalue weighted by Gasteiger charge is 2.39. The van der Waals surface area contributed by atoms with E-state index in [0.29, 0.717) is 6.07 Å². The van der Waals surface area contributed by atoms with E-state index in [0.717, 1.165) is 17.4 Å². The maximum absolute atomic E-state index is 13.5. The number of hydrogen-bond acceptors (Lipinski definition) is 5. The molecule has 0 bridgehead atoms. The van der Waals surface area contributed by atoms with Crippen LogP contribution in [0.2, 0.25) is 0 Å². The number of nitrogens with zero attached hydrogens (tertiary/aromatic N) is 3. The van der Waals surface area contributed by atoms with Crippen LogP contribution in [-0.2, 0) is 11.3 Å². The van der Waals surface area contributed by atoms with Crippen molar-refractivity contribution in [3.05, 3.63) is 41.5 Å². The molecular formula is C11H5F2N3O3. The summed E-state index contributed by atoms with van der Waals surface area (Å²) in [6, 6.07) is 1.48. The molecule has 0 N–H and O–H groups in total. The van der Waals surface area contributed by atoms with Crippen LogP contribution in [0, 0.1) is 11.6 Å². The van der Waals surface area contributed by atoms with Crippen LogP contribution in [0.25, 0.3) is 0 Å². The minimum atomic E-state index is -1.07. The van der Waals surface area contributed by atoms with Gasteiger partial charge in [-0.25, -0.2) is 8.78 Å². The smallest absolute Gasteiger partial charge is 0.300 e. The van der Waals surface area contributed by atoms with Crippen LogP contribution >= 0.6 is 0 Å². The summed E-state index contributed by atoms with van der Waals surface area (Å²) in [6.45, 7) is -0.197. The second-order valence-corrected chi connectivity index (χ2v) is 3.85. The van der Waals surface area contributed by atoms with Gasteiger partial charge in [-0.3, -0.25) is 14.5 Å². The Morgan fingerprint density at radius 1 is 1.26 bits per heavy atom. The van der Waals surface area contributed by atoms with Crippen molar-refractivity contribution in [3.63, 3.8) is 0 Å². The van der Waals surface area contributed by atoms with E-state index in [1.807, 2.05) is 0 Å². The fourth-order valence-electron chi connectivity index (χ4n) is 1.90. The number of halogens is 2. The zero-order valence-corrected chi connectivity index (χ0v) is 9.26. The zero-order chi connectivity index (χ0) is 13.6. The lowest BCUT2D eigenvalue weighted by Crippen LogP contribution is -2.29. The van der Waals surface area contributed by atoms with Crippen molar-refractivity contribution in [2.24, 2.45) is 0 Å². The summed E-state index contributed by atoms with van der Waals surface area (Å²) in [7, 11) is 0. The predicted octanol–water partition coefficient (Wildman–Crippen LogP) is 1.08. The molecule has 0 fully saturated rings. The number of Topliss-reactive ketones (excluding diaryl/α,β-unsaturated/α-hetero) is 1. The molecule has 0 saturated carbocycles. The van der Waals surface area contributed by atoms with Gasteiger partial charge in [-0.05, 0) is 6.07 Å². The molecule has 6 nitrogen and oxygen atoms in total. The Morgan fingerprint density at radius 2 is 2.05 bits per heavy atom. The molecule has 2 heterocycles. The van der Waals surface area contributed by atoms with E-state index in [2.05, 4.69) is 14.7 Å². The van der Waals surface area contributed by atoms with Crippen molar-refractivity contribution >= 4 is 17.4 Å². The average molecular weight is 265 g/mol. The van der Waals surface area contributed by atoms with Gasteiger partial charge in [0.1, 0.15) is 11.6 Å². The Kier molecular flexibility index (Phi) is 2.37. The van der Waals surface area contributed by atoms with Crippen LogP contribution in [0.5, 0.6) is 0 Å². The molecule has 0 radical (unpaired) electrons. The van der Waals surface area contributed by atoms with Crippen LogP contribution in [0.4, 0.5) is 14.5 Å². The highest BCUT2D eigenvalue weighted by atomic mass is 19.1. The van der Waals surface area contributed by atoms with Crippen LogP contribution in [0.3, 0.4) is 0 Å². The predicted molar refractivity (Wildman–Crippen MR) is 56.2 cm³/mol. The van der Waals surface area contributed by atoms with Gasteiger partial charge >= 0.3 is 0 Å². The molecule has 2 aromatic rings. The van der Waals surface area contributed by atoms with Gasteiger partial charge in [0.15, 0.2) is 5.82 Å². The largest absolute Gasteiger partial charge is 0.343 e. The number of rotatable bonds is 2. The Labute approximate surface area is 104 Å². The third kappa shape index (κ3) is 1.68. The summed E-state index contributed by atoms with van der Waals surface area (Å²) in [4.78, 5) is 28.0. The highest BCUT2D eigenvalue weighted by molar-refractivity contribution is 6.52. The van der Waals surface area contributed by atoms with E-state index in [4.69, 9.17) is 0 Å². The SMILES string of the molecule is O=C1C(=O)N(Cc2ncon2)c2cc(F)cc(F)c21. The molecule has 0 aliphatic carbocycles. The molecule has 3 rings (SSSR count). The van der Waals surface area contributed by atoms with E-state index < -0.39 is 28.9 Å². The van der Waals surface area contributed by atoms with Crippen molar-refractivity contribution in [1.29, 1.82) is 0 Å². The fourth-order valence-corrected chi connectivity index (χ4v) is 1.90. The molecule has 1 aromatic carbocycles. The first-order chi connectivity index (χ1) is 9.08. The lowest BCUT2D eigenvalue weighted by atomic mass is 10.1. The van der Waals surface area contributed by atoms with Crippen molar-refractivity contribution in [2.75, 3.05) is 4.90 Å². The molecule has 19 heavy (non-hydrogen) atoms. The first-order valence-electron chi connectivity index (χ1n) is 5.18. The summed E-state index contributed by atoms with van der Waals surface area (Å²) in [5, 5.41) is 3.48. The molecule has 0 unspecified atom stereocenters. The average Bonchev–Trinajstić information content (AvgIpc) is 2.93. The van der Waals surface area contributed by atoms with Crippen molar-refractivity contribution in [1.82, 2.24) is 10.1 Å². The normalized spacial score (nSPS) is 14.1. The first kappa shape index (κ1) is 11.5.